The second kappa shape index (κ2) is 6.40. The van der Waals surface area contributed by atoms with E-state index in [1.54, 1.807) is 0 Å². The Kier molecular flexibility index (Phi) is 4.83. The third-order valence-corrected chi connectivity index (χ3v) is 3.93. The zero-order valence-corrected chi connectivity index (χ0v) is 11.8. The highest BCUT2D eigenvalue weighted by Crippen LogP contribution is 2.38. The van der Waals surface area contributed by atoms with Crippen LogP contribution in [0.15, 0.2) is 24.3 Å². The van der Waals surface area contributed by atoms with Crippen LogP contribution in [0.4, 0.5) is 0 Å². The predicted octanol–water partition coefficient (Wildman–Crippen LogP) is 2.51. The minimum atomic E-state index is -0.569. The molecule has 1 unspecified atom stereocenters. The Hall–Kier alpha value is -1.06. The molecule has 0 saturated heterocycles. The third-order valence-electron chi connectivity index (χ3n) is 3.93. The SMILES string of the molecule is CCCCc1ccc(OCC(N)(CO)C2CC2)cc1. The van der Waals surface area contributed by atoms with Crippen molar-refractivity contribution in [2.45, 2.75) is 44.6 Å². The van der Waals surface area contributed by atoms with Gasteiger partial charge in [-0.05, 0) is 49.3 Å². The molecule has 0 aromatic heterocycles. The molecule has 19 heavy (non-hydrogen) atoms. The summed E-state index contributed by atoms with van der Waals surface area (Å²) < 4.78 is 5.74. The van der Waals surface area contributed by atoms with Gasteiger partial charge in [0.05, 0.1) is 12.1 Å². The van der Waals surface area contributed by atoms with E-state index in [4.69, 9.17) is 10.5 Å². The first-order valence-corrected chi connectivity index (χ1v) is 7.29. The molecule has 106 valence electrons. The smallest absolute Gasteiger partial charge is 0.119 e. The molecule has 1 aliphatic rings. The van der Waals surface area contributed by atoms with Crippen molar-refractivity contribution in [2.75, 3.05) is 13.2 Å². The fourth-order valence-corrected chi connectivity index (χ4v) is 2.30. The number of aliphatic hydroxyl groups is 1. The van der Waals surface area contributed by atoms with Crippen molar-refractivity contribution < 1.29 is 9.84 Å². The number of hydrogen-bond donors (Lipinski definition) is 2. The molecule has 1 aromatic carbocycles. The molecule has 3 nitrogen and oxygen atoms in total. The summed E-state index contributed by atoms with van der Waals surface area (Å²) in [4.78, 5) is 0. The molecule has 1 atom stereocenters. The third kappa shape index (κ3) is 3.95. The van der Waals surface area contributed by atoms with Gasteiger partial charge in [-0.15, -0.1) is 0 Å². The van der Waals surface area contributed by atoms with Crippen LogP contribution in [0.3, 0.4) is 0 Å². The summed E-state index contributed by atoms with van der Waals surface area (Å²) in [5.41, 5.74) is 6.95. The van der Waals surface area contributed by atoms with Gasteiger partial charge in [-0.2, -0.15) is 0 Å². The van der Waals surface area contributed by atoms with Crippen LogP contribution in [0.25, 0.3) is 0 Å². The van der Waals surface area contributed by atoms with Crippen molar-refractivity contribution in [3.63, 3.8) is 0 Å². The fourth-order valence-electron chi connectivity index (χ4n) is 2.30. The highest BCUT2D eigenvalue weighted by Gasteiger charge is 2.42. The van der Waals surface area contributed by atoms with Gasteiger partial charge in [0.2, 0.25) is 0 Å². The van der Waals surface area contributed by atoms with E-state index in [2.05, 4.69) is 19.1 Å². The second-order valence-corrected chi connectivity index (χ2v) is 5.70. The molecule has 1 saturated carbocycles. The van der Waals surface area contributed by atoms with Crippen molar-refractivity contribution in [1.82, 2.24) is 0 Å². The molecule has 0 amide bonds. The molecular weight excluding hydrogens is 238 g/mol. The monoisotopic (exact) mass is 263 g/mol. The van der Waals surface area contributed by atoms with Crippen molar-refractivity contribution in [2.24, 2.45) is 11.7 Å². The molecule has 3 heteroatoms. The number of aliphatic hydroxyl groups excluding tert-OH is 1. The second-order valence-electron chi connectivity index (χ2n) is 5.70. The van der Waals surface area contributed by atoms with Gasteiger partial charge in [-0.3, -0.25) is 0 Å². The lowest BCUT2D eigenvalue weighted by molar-refractivity contribution is 0.117. The quantitative estimate of drug-likeness (QED) is 0.757. The summed E-state index contributed by atoms with van der Waals surface area (Å²) in [6.45, 7) is 2.58. The Morgan fingerprint density at radius 1 is 1.32 bits per heavy atom. The molecule has 3 N–H and O–H groups in total. The average molecular weight is 263 g/mol. The standard InChI is InChI=1S/C16H25NO2/c1-2-3-4-13-5-9-15(10-6-13)19-12-16(17,11-18)14-7-8-14/h5-6,9-10,14,18H,2-4,7-8,11-12,17H2,1H3. The largest absolute Gasteiger partial charge is 0.492 e. The van der Waals surface area contributed by atoms with Gasteiger partial charge in [0.25, 0.3) is 0 Å². The lowest BCUT2D eigenvalue weighted by Gasteiger charge is -2.27. The lowest BCUT2D eigenvalue weighted by atomic mass is 9.97. The molecule has 1 aliphatic carbocycles. The summed E-state index contributed by atoms with van der Waals surface area (Å²) in [6, 6.07) is 8.21. The number of nitrogens with two attached hydrogens (primary N) is 1. The van der Waals surface area contributed by atoms with Gasteiger partial charge in [0.15, 0.2) is 0 Å². The number of hydrogen-bond acceptors (Lipinski definition) is 3. The predicted molar refractivity (Wildman–Crippen MR) is 77.3 cm³/mol. The Bertz CT molecular complexity index is 386. The number of benzene rings is 1. The summed E-state index contributed by atoms with van der Waals surface area (Å²) in [7, 11) is 0. The topological polar surface area (TPSA) is 55.5 Å². The molecule has 1 aromatic rings. The number of aryl methyl sites for hydroxylation is 1. The maximum atomic E-state index is 9.41. The van der Waals surface area contributed by atoms with Gasteiger partial charge in [-0.25, -0.2) is 0 Å². The first-order valence-electron chi connectivity index (χ1n) is 7.29. The van der Waals surface area contributed by atoms with Crippen LogP contribution >= 0.6 is 0 Å². The maximum Gasteiger partial charge on any atom is 0.119 e. The Labute approximate surface area is 115 Å². The molecule has 0 heterocycles. The highest BCUT2D eigenvalue weighted by atomic mass is 16.5. The summed E-state index contributed by atoms with van der Waals surface area (Å²) in [5, 5.41) is 9.41. The molecule has 0 spiro atoms. The highest BCUT2D eigenvalue weighted by molar-refractivity contribution is 5.27. The maximum absolute atomic E-state index is 9.41. The van der Waals surface area contributed by atoms with E-state index < -0.39 is 5.54 Å². The summed E-state index contributed by atoms with van der Waals surface area (Å²) in [6.07, 6.45) is 5.77. The van der Waals surface area contributed by atoms with Crippen LogP contribution in [0.1, 0.15) is 38.2 Å². The van der Waals surface area contributed by atoms with Crippen LogP contribution in [-0.4, -0.2) is 23.9 Å². The minimum absolute atomic E-state index is 0.00769. The lowest BCUT2D eigenvalue weighted by Crippen LogP contribution is -2.51. The summed E-state index contributed by atoms with van der Waals surface area (Å²) >= 11 is 0. The van der Waals surface area contributed by atoms with Crippen LogP contribution in [0.2, 0.25) is 0 Å². The van der Waals surface area contributed by atoms with Gasteiger partial charge in [-0.1, -0.05) is 25.5 Å². The van der Waals surface area contributed by atoms with Gasteiger partial charge in [0, 0.05) is 0 Å². The fraction of sp³-hybridized carbons (Fsp3) is 0.625. The van der Waals surface area contributed by atoms with Gasteiger partial charge < -0.3 is 15.6 Å². The van der Waals surface area contributed by atoms with Gasteiger partial charge >= 0.3 is 0 Å². The zero-order chi connectivity index (χ0) is 13.7. The molecule has 2 rings (SSSR count). The number of ether oxygens (including phenoxy) is 1. The Morgan fingerprint density at radius 2 is 2.00 bits per heavy atom. The van der Waals surface area contributed by atoms with Crippen molar-refractivity contribution >= 4 is 0 Å². The van der Waals surface area contributed by atoms with E-state index in [0.717, 1.165) is 25.0 Å². The van der Waals surface area contributed by atoms with E-state index in [1.165, 1.54) is 18.4 Å². The van der Waals surface area contributed by atoms with Gasteiger partial charge in [0.1, 0.15) is 12.4 Å². The van der Waals surface area contributed by atoms with Crippen LogP contribution < -0.4 is 10.5 Å². The van der Waals surface area contributed by atoms with E-state index >= 15 is 0 Å². The van der Waals surface area contributed by atoms with Crippen molar-refractivity contribution in [3.8, 4) is 5.75 Å². The molecule has 1 fully saturated rings. The van der Waals surface area contributed by atoms with Crippen LogP contribution in [-0.2, 0) is 6.42 Å². The first kappa shape index (κ1) is 14.4. The Morgan fingerprint density at radius 3 is 2.53 bits per heavy atom. The minimum Gasteiger partial charge on any atom is -0.492 e. The van der Waals surface area contributed by atoms with E-state index in [9.17, 15) is 5.11 Å². The van der Waals surface area contributed by atoms with Crippen molar-refractivity contribution in [1.29, 1.82) is 0 Å². The van der Waals surface area contributed by atoms with E-state index in [-0.39, 0.29) is 6.61 Å². The number of unbranched alkanes of at least 4 members (excludes halogenated alkanes) is 1. The molecule has 0 aliphatic heterocycles. The van der Waals surface area contributed by atoms with Crippen LogP contribution in [0.5, 0.6) is 5.75 Å². The molecule has 0 bridgehead atoms. The van der Waals surface area contributed by atoms with E-state index in [0.29, 0.717) is 12.5 Å². The zero-order valence-electron chi connectivity index (χ0n) is 11.8. The van der Waals surface area contributed by atoms with Crippen molar-refractivity contribution in [3.05, 3.63) is 29.8 Å². The summed E-state index contributed by atoms with van der Waals surface area (Å²) in [5.74, 6) is 1.26. The molecular formula is C16H25NO2. The first-order chi connectivity index (χ1) is 9.18. The number of rotatable bonds is 8. The average Bonchev–Trinajstić information content (AvgIpc) is 3.28. The normalized spacial score (nSPS) is 18.1. The van der Waals surface area contributed by atoms with E-state index in [1.807, 2.05) is 12.1 Å². The Balaban J connectivity index is 1.85. The molecule has 0 radical (unpaired) electrons. The van der Waals surface area contributed by atoms with Crippen LogP contribution in [0, 0.1) is 5.92 Å².